The van der Waals surface area contributed by atoms with Gasteiger partial charge in [0, 0.05) is 6.54 Å². The lowest BCUT2D eigenvalue weighted by molar-refractivity contribution is 0.0600. The van der Waals surface area contributed by atoms with Crippen molar-refractivity contribution in [2.24, 2.45) is 0 Å². The molecule has 0 aliphatic heterocycles. The predicted molar refractivity (Wildman–Crippen MR) is 69.3 cm³/mol. The molecule has 17 heavy (non-hydrogen) atoms. The van der Waals surface area contributed by atoms with Gasteiger partial charge in [0.2, 0.25) is 0 Å². The average Bonchev–Trinajstić information content (AvgIpc) is 2.39. The van der Waals surface area contributed by atoms with Gasteiger partial charge < -0.3 is 9.64 Å². The summed E-state index contributed by atoms with van der Waals surface area (Å²) in [5.41, 5.74) is 1.86. The lowest BCUT2D eigenvalue weighted by Gasteiger charge is -2.17. The summed E-state index contributed by atoms with van der Waals surface area (Å²) >= 11 is 0. The zero-order valence-corrected chi connectivity index (χ0v) is 10.9. The minimum Gasteiger partial charge on any atom is -0.465 e. The summed E-state index contributed by atoms with van der Waals surface area (Å²) in [6, 6.07) is 7.64. The van der Waals surface area contributed by atoms with Gasteiger partial charge in [0.1, 0.15) is 0 Å². The van der Waals surface area contributed by atoms with Crippen LogP contribution in [-0.4, -0.2) is 37.6 Å². The number of carbonyl (C=O) groups excluding carboxylic acids is 1. The molecule has 0 amide bonds. The quantitative estimate of drug-likeness (QED) is 0.709. The molecule has 0 fully saturated rings. The summed E-state index contributed by atoms with van der Waals surface area (Å²) in [4.78, 5) is 13.6. The highest BCUT2D eigenvalue weighted by molar-refractivity contribution is 5.89. The topological polar surface area (TPSA) is 29.5 Å². The van der Waals surface area contributed by atoms with Crippen LogP contribution in [0.1, 0.15) is 29.8 Å². The number of likely N-dealkylation sites (N-methyl/N-ethyl adjacent to an activating group) is 1. The van der Waals surface area contributed by atoms with Crippen molar-refractivity contribution in [1.29, 1.82) is 0 Å². The van der Waals surface area contributed by atoms with E-state index in [1.165, 1.54) is 12.7 Å². The van der Waals surface area contributed by atoms with E-state index in [1.54, 1.807) is 0 Å². The summed E-state index contributed by atoms with van der Waals surface area (Å²) in [5, 5.41) is 0. The third-order valence-corrected chi connectivity index (χ3v) is 2.99. The highest BCUT2D eigenvalue weighted by Crippen LogP contribution is 2.07. The van der Waals surface area contributed by atoms with E-state index in [1.807, 2.05) is 24.3 Å². The zero-order valence-electron chi connectivity index (χ0n) is 10.9. The molecule has 0 aliphatic rings. The Labute approximate surface area is 103 Å². The molecule has 94 valence electrons. The van der Waals surface area contributed by atoms with Gasteiger partial charge in [-0.15, -0.1) is 0 Å². The van der Waals surface area contributed by atoms with Crippen LogP contribution in [0, 0.1) is 0 Å². The van der Waals surface area contributed by atoms with Crippen molar-refractivity contribution in [3.63, 3.8) is 0 Å². The minimum atomic E-state index is -0.278. The summed E-state index contributed by atoms with van der Waals surface area (Å²) in [6.45, 7) is 7.56. The molecule has 0 aliphatic carbocycles. The Kier molecular flexibility index (Phi) is 5.70. The van der Waals surface area contributed by atoms with Crippen LogP contribution in [0.25, 0.3) is 0 Å². The Bertz CT molecular complexity index is 342. The van der Waals surface area contributed by atoms with Gasteiger partial charge in [-0.05, 0) is 37.2 Å². The Morgan fingerprint density at radius 2 is 1.76 bits per heavy atom. The van der Waals surface area contributed by atoms with Crippen LogP contribution in [0.4, 0.5) is 0 Å². The SMILES string of the molecule is CCN(CC)CCc1ccc(C(=O)OC)cc1. The molecule has 0 saturated heterocycles. The van der Waals surface area contributed by atoms with Gasteiger partial charge in [-0.3, -0.25) is 0 Å². The first-order valence-corrected chi connectivity index (χ1v) is 6.10. The molecular formula is C14H21NO2. The van der Waals surface area contributed by atoms with Crippen LogP contribution in [-0.2, 0) is 11.2 Å². The zero-order chi connectivity index (χ0) is 12.7. The summed E-state index contributed by atoms with van der Waals surface area (Å²) in [7, 11) is 1.40. The first-order valence-electron chi connectivity index (χ1n) is 6.10. The molecule has 0 atom stereocenters. The lowest BCUT2D eigenvalue weighted by Crippen LogP contribution is -2.25. The number of methoxy groups -OCH3 is 1. The van der Waals surface area contributed by atoms with E-state index in [0.29, 0.717) is 5.56 Å². The number of carbonyl (C=O) groups is 1. The maximum Gasteiger partial charge on any atom is 0.337 e. The van der Waals surface area contributed by atoms with E-state index >= 15 is 0 Å². The van der Waals surface area contributed by atoms with Crippen molar-refractivity contribution >= 4 is 5.97 Å². The highest BCUT2D eigenvalue weighted by atomic mass is 16.5. The molecule has 1 aromatic rings. The molecular weight excluding hydrogens is 214 g/mol. The van der Waals surface area contributed by atoms with Crippen molar-refractivity contribution < 1.29 is 9.53 Å². The average molecular weight is 235 g/mol. The summed E-state index contributed by atoms with van der Waals surface area (Å²) in [5.74, 6) is -0.278. The monoisotopic (exact) mass is 235 g/mol. The van der Waals surface area contributed by atoms with Crippen molar-refractivity contribution in [3.8, 4) is 0 Å². The molecule has 0 unspecified atom stereocenters. The smallest absolute Gasteiger partial charge is 0.337 e. The lowest BCUT2D eigenvalue weighted by atomic mass is 10.1. The van der Waals surface area contributed by atoms with Gasteiger partial charge in [-0.25, -0.2) is 4.79 Å². The molecule has 3 nitrogen and oxygen atoms in total. The molecule has 3 heteroatoms. The van der Waals surface area contributed by atoms with Gasteiger partial charge in [-0.2, -0.15) is 0 Å². The number of nitrogens with zero attached hydrogens (tertiary/aromatic N) is 1. The molecule has 1 aromatic carbocycles. The second kappa shape index (κ2) is 7.07. The van der Waals surface area contributed by atoms with Crippen molar-refractivity contribution in [1.82, 2.24) is 4.90 Å². The minimum absolute atomic E-state index is 0.278. The molecule has 1 rings (SSSR count). The van der Waals surface area contributed by atoms with Crippen molar-refractivity contribution in [2.75, 3.05) is 26.7 Å². The molecule has 0 heterocycles. The standard InChI is InChI=1S/C14H21NO2/c1-4-15(5-2)11-10-12-6-8-13(9-7-12)14(16)17-3/h6-9H,4-5,10-11H2,1-3H3. The fourth-order valence-electron chi connectivity index (χ4n) is 1.75. The number of hydrogen-bond donors (Lipinski definition) is 0. The fraction of sp³-hybridized carbons (Fsp3) is 0.500. The largest absolute Gasteiger partial charge is 0.465 e. The van der Waals surface area contributed by atoms with Gasteiger partial charge >= 0.3 is 5.97 Å². The molecule has 0 radical (unpaired) electrons. The van der Waals surface area contributed by atoms with Crippen LogP contribution >= 0.6 is 0 Å². The van der Waals surface area contributed by atoms with Gasteiger partial charge in [0.25, 0.3) is 0 Å². The van der Waals surface area contributed by atoms with Crippen LogP contribution < -0.4 is 0 Å². The molecule has 0 saturated carbocycles. The normalized spacial score (nSPS) is 10.6. The Morgan fingerprint density at radius 1 is 1.18 bits per heavy atom. The summed E-state index contributed by atoms with van der Waals surface area (Å²) in [6.07, 6.45) is 1.02. The van der Waals surface area contributed by atoms with E-state index in [-0.39, 0.29) is 5.97 Å². The molecule has 0 bridgehead atoms. The van der Waals surface area contributed by atoms with E-state index in [4.69, 9.17) is 0 Å². The van der Waals surface area contributed by atoms with Crippen LogP contribution in [0.15, 0.2) is 24.3 Å². The van der Waals surface area contributed by atoms with Gasteiger partial charge in [-0.1, -0.05) is 26.0 Å². The van der Waals surface area contributed by atoms with Gasteiger partial charge in [0.15, 0.2) is 0 Å². The van der Waals surface area contributed by atoms with E-state index in [9.17, 15) is 4.79 Å². The number of ether oxygens (including phenoxy) is 1. The second-order valence-corrected chi connectivity index (χ2v) is 3.97. The third-order valence-electron chi connectivity index (χ3n) is 2.99. The Balaban J connectivity index is 2.53. The number of hydrogen-bond acceptors (Lipinski definition) is 3. The second-order valence-electron chi connectivity index (χ2n) is 3.97. The number of rotatable bonds is 6. The third kappa shape index (κ3) is 4.19. The van der Waals surface area contributed by atoms with Gasteiger partial charge in [0.05, 0.1) is 12.7 Å². The summed E-state index contributed by atoms with van der Waals surface area (Å²) < 4.78 is 4.66. The first kappa shape index (κ1) is 13.7. The Morgan fingerprint density at radius 3 is 2.24 bits per heavy atom. The van der Waals surface area contributed by atoms with Crippen LogP contribution in [0.5, 0.6) is 0 Å². The maximum atomic E-state index is 11.3. The van der Waals surface area contributed by atoms with E-state index in [2.05, 4.69) is 23.5 Å². The highest BCUT2D eigenvalue weighted by Gasteiger charge is 2.05. The molecule has 0 N–H and O–H groups in total. The van der Waals surface area contributed by atoms with Crippen LogP contribution in [0.3, 0.4) is 0 Å². The van der Waals surface area contributed by atoms with Crippen molar-refractivity contribution in [3.05, 3.63) is 35.4 Å². The molecule has 0 aromatic heterocycles. The maximum absolute atomic E-state index is 11.3. The number of benzene rings is 1. The van der Waals surface area contributed by atoms with Crippen molar-refractivity contribution in [2.45, 2.75) is 20.3 Å². The fourth-order valence-corrected chi connectivity index (χ4v) is 1.75. The molecule has 0 spiro atoms. The predicted octanol–water partition coefficient (Wildman–Crippen LogP) is 2.36. The number of esters is 1. The van der Waals surface area contributed by atoms with E-state index in [0.717, 1.165) is 26.1 Å². The first-order chi connectivity index (χ1) is 8.21. The van der Waals surface area contributed by atoms with E-state index < -0.39 is 0 Å². The Hall–Kier alpha value is -1.35. The van der Waals surface area contributed by atoms with Crippen LogP contribution in [0.2, 0.25) is 0 Å².